The van der Waals surface area contributed by atoms with Crippen LogP contribution in [0.15, 0.2) is 29.0 Å². The zero-order chi connectivity index (χ0) is 15.1. The molecule has 1 aromatic heterocycles. The second kappa shape index (κ2) is 7.75. The van der Waals surface area contributed by atoms with Crippen molar-refractivity contribution in [2.75, 3.05) is 25.6 Å². The summed E-state index contributed by atoms with van der Waals surface area (Å²) in [7, 11) is 1.71. The molecular weight excluding hydrogens is 268 g/mol. The number of aromatic nitrogens is 2. The number of nitrogens with two attached hydrogens (primary N) is 1. The summed E-state index contributed by atoms with van der Waals surface area (Å²) in [6.45, 7) is 3.40. The predicted molar refractivity (Wildman–Crippen MR) is 82.0 cm³/mol. The van der Waals surface area contributed by atoms with E-state index in [1.165, 1.54) is 6.39 Å². The van der Waals surface area contributed by atoms with Crippen LogP contribution in [0.4, 0.5) is 5.69 Å². The molecular formula is C15H22N4O2. The van der Waals surface area contributed by atoms with Gasteiger partial charge >= 0.3 is 0 Å². The van der Waals surface area contributed by atoms with E-state index < -0.39 is 0 Å². The van der Waals surface area contributed by atoms with E-state index in [1.54, 1.807) is 7.11 Å². The minimum Gasteiger partial charge on any atom is -0.423 e. The highest BCUT2D eigenvalue weighted by molar-refractivity contribution is 5.62. The number of hydrogen-bond acceptors (Lipinski definition) is 6. The van der Waals surface area contributed by atoms with E-state index >= 15 is 0 Å². The van der Waals surface area contributed by atoms with Crippen molar-refractivity contribution in [2.24, 2.45) is 5.73 Å². The molecule has 0 spiro atoms. The van der Waals surface area contributed by atoms with Gasteiger partial charge in [0, 0.05) is 24.4 Å². The zero-order valence-electron chi connectivity index (χ0n) is 12.5. The lowest BCUT2D eigenvalue weighted by Gasteiger charge is -2.20. The highest BCUT2D eigenvalue weighted by Crippen LogP contribution is 2.24. The van der Waals surface area contributed by atoms with Crippen LogP contribution >= 0.6 is 0 Å². The van der Waals surface area contributed by atoms with E-state index in [1.807, 2.05) is 18.2 Å². The fourth-order valence-corrected chi connectivity index (χ4v) is 2.24. The summed E-state index contributed by atoms with van der Waals surface area (Å²) in [4.78, 5) is 0. The Bertz CT molecular complexity index is 543. The molecule has 1 heterocycles. The maximum Gasteiger partial charge on any atom is 0.247 e. The van der Waals surface area contributed by atoms with Crippen LogP contribution in [0, 0.1) is 6.92 Å². The quantitative estimate of drug-likeness (QED) is 0.775. The van der Waals surface area contributed by atoms with Gasteiger partial charge < -0.3 is 20.2 Å². The van der Waals surface area contributed by atoms with Gasteiger partial charge in [-0.05, 0) is 50.1 Å². The number of rotatable bonds is 8. The average molecular weight is 290 g/mol. The Kier molecular flexibility index (Phi) is 5.71. The molecule has 0 radical (unpaired) electrons. The summed E-state index contributed by atoms with van der Waals surface area (Å²) in [5, 5.41) is 11.1. The zero-order valence-corrected chi connectivity index (χ0v) is 12.5. The van der Waals surface area contributed by atoms with Gasteiger partial charge in [-0.2, -0.15) is 0 Å². The maximum absolute atomic E-state index is 5.58. The third-order valence-electron chi connectivity index (χ3n) is 3.32. The monoisotopic (exact) mass is 290 g/mol. The van der Waals surface area contributed by atoms with E-state index in [9.17, 15) is 0 Å². The van der Waals surface area contributed by atoms with Crippen LogP contribution in [-0.2, 0) is 4.74 Å². The summed E-state index contributed by atoms with van der Waals surface area (Å²) >= 11 is 0. The largest absolute Gasteiger partial charge is 0.423 e. The number of benzene rings is 1. The highest BCUT2D eigenvalue weighted by Gasteiger charge is 2.11. The Labute approximate surface area is 124 Å². The van der Waals surface area contributed by atoms with E-state index in [0.29, 0.717) is 19.0 Å². The van der Waals surface area contributed by atoms with Crippen molar-refractivity contribution in [3.05, 3.63) is 30.2 Å². The molecule has 1 aromatic carbocycles. The first-order valence-electron chi connectivity index (χ1n) is 7.07. The van der Waals surface area contributed by atoms with Crippen LogP contribution in [0.3, 0.4) is 0 Å². The van der Waals surface area contributed by atoms with Crippen LogP contribution in [0.25, 0.3) is 11.5 Å². The van der Waals surface area contributed by atoms with E-state index in [0.717, 1.165) is 29.7 Å². The van der Waals surface area contributed by atoms with Gasteiger partial charge in [-0.15, -0.1) is 10.2 Å². The van der Waals surface area contributed by atoms with E-state index in [2.05, 4.69) is 22.4 Å². The summed E-state index contributed by atoms with van der Waals surface area (Å²) in [5.41, 5.74) is 8.70. The van der Waals surface area contributed by atoms with Crippen molar-refractivity contribution in [1.82, 2.24) is 10.2 Å². The van der Waals surface area contributed by atoms with E-state index in [4.69, 9.17) is 14.9 Å². The van der Waals surface area contributed by atoms with Crippen LogP contribution in [-0.4, -0.2) is 36.5 Å². The van der Waals surface area contributed by atoms with Gasteiger partial charge in [0.2, 0.25) is 12.3 Å². The summed E-state index contributed by atoms with van der Waals surface area (Å²) in [6.07, 6.45) is 3.29. The van der Waals surface area contributed by atoms with Crippen LogP contribution in [0.2, 0.25) is 0 Å². The molecule has 0 aliphatic heterocycles. The van der Waals surface area contributed by atoms with Crippen molar-refractivity contribution in [2.45, 2.75) is 25.8 Å². The molecule has 2 rings (SSSR count). The van der Waals surface area contributed by atoms with Gasteiger partial charge in [0.05, 0.1) is 6.61 Å². The average Bonchev–Trinajstić information content (AvgIpc) is 3.01. The van der Waals surface area contributed by atoms with Crippen molar-refractivity contribution >= 4 is 5.69 Å². The topological polar surface area (TPSA) is 86.2 Å². The van der Waals surface area contributed by atoms with Crippen molar-refractivity contribution in [3.8, 4) is 11.5 Å². The van der Waals surface area contributed by atoms with Crippen molar-refractivity contribution < 1.29 is 9.15 Å². The third-order valence-corrected chi connectivity index (χ3v) is 3.32. The SMILES string of the molecule is COCC(CCCN)Nc1ccc(-c2nnco2)cc1C. The molecule has 114 valence electrons. The molecule has 3 N–H and O–H groups in total. The molecule has 0 amide bonds. The molecule has 0 saturated carbocycles. The number of anilines is 1. The summed E-state index contributed by atoms with van der Waals surface area (Å²) < 4.78 is 10.5. The lowest BCUT2D eigenvalue weighted by Crippen LogP contribution is -2.26. The van der Waals surface area contributed by atoms with Crippen LogP contribution in [0.1, 0.15) is 18.4 Å². The Morgan fingerprint density at radius 3 is 2.90 bits per heavy atom. The van der Waals surface area contributed by atoms with Gasteiger partial charge in [-0.1, -0.05) is 0 Å². The molecule has 1 atom stereocenters. The Hall–Kier alpha value is -1.92. The fourth-order valence-electron chi connectivity index (χ4n) is 2.24. The lowest BCUT2D eigenvalue weighted by molar-refractivity contribution is 0.182. The fraction of sp³-hybridized carbons (Fsp3) is 0.467. The molecule has 0 saturated heterocycles. The van der Waals surface area contributed by atoms with Gasteiger partial charge in [0.25, 0.3) is 0 Å². The van der Waals surface area contributed by atoms with Crippen molar-refractivity contribution in [1.29, 1.82) is 0 Å². The molecule has 2 aromatic rings. The number of hydrogen-bond donors (Lipinski definition) is 2. The third kappa shape index (κ3) is 4.27. The first kappa shape index (κ1) is 15.5. The minimum atomic E-state index is 0.256. The van der Waals surface area contributed by atoms with Crippen LogP contribution < -0.4 is 11.1 Å². The highest BCUT2D eigenvalue weighted by atomic mass is 16.5. The number of ether oxygens (including phenoxy) is 1. The Morgan fingerprint density at radius 1 is 1.43 bits per heavy atom. The molecule has 1 unspecified atom stereocenters. The Balaban J connectivity index is 2.09. The van der Waals surface area contributed by atoms with Gasteiger partial charge in [0.1, 0.15) is 0 Å². The standard InChI is InChI=1S/C15H22N4O2/c1-11-8-12(15-19-17-10-21-15)5-6-14(11)18-13(9-20-2)4-3-7-16/h5-6,8,10,13,18H,3-4,7,9,16H2,1-2H3. The first-order valence-corrected chi connectivity index (χ1v) is 7.07. The first-order chi connectivity index (χ1) is 10.2. The normalized spacial score (nSPS) is 12.3. The molecule has 0 fully saturated rings. The summed E-state index contributed by atoms with van der Waals surface area (Å²) in [5.74, 6) is 0.529. The van der Waals surface area contributed by atoms with Gasteiger partial charge in [0.15, 0.2) is 0 Å². The molecule has 21 heavy (non-hydrogen) atoms. The van der Waals surface area contributed by atoms with Crippen molar-refractivity contribution in [3.63, 3.8) is 0 Å². The molecule has 6 nitrogen and oxygen atoms in total. The molecule has 0 aliphatic rings. The number of methoxy groups -OCH3 is 1. The van der Waals surface area contributed by atoms with Gasteiger partial charge in [-0.3, -0.25) is 0 Å². The van der Waals surface area contributed by atoms with Crippen LogP contribution in [0.5, 0.6) is 0 Å². The summed E-state index contributed by atoms with van der Waals surface area (Å²) in [6, 6.07) is 6.28. The predicted octanol–water partition coefficient (Wildman–Crippen LogP) is 2.21. The number of nitrogens with one attached hydrogen (secondary N) is 1. The smallest absolute Gasteiger partial charge is 0.247 e. The molecule has 0 bridgehead atoms. The van der Waals surface area contributed by atoms with E-state index in [-0.39, 0.29) is 6.04 Å². The number of nitrogens with zero attached hydrogens (tertiary/aromatic N) is 2. The maximum atomic E-state index is 5.58. The molecule has 6 heteroatoms. The van der Waals surface area contributed by atoms with Gasteiger partial charge in [-0.25, -0.2) is 0 Å². The Morgan fingerprint density at radius 2 is 2.29 bits per heavy atom. The molecule has 0 aliphatic carbocycles. The minimum absolute atomic E-state index is 0.256. The second-order valence-electron chi connectivity index (χ2n) is 5.00. The lowest BCUT2D eigenvalue weighted by atomic mass is 10.1. The second-order valence-corrected chi connectivity index (χ2v) is 5.00. The number of aryl methyl sites for hydroxylation is 1.